The van der Waals surface area contributed by atoms with Gasteiger partial charge in [0.05, 0.1) is 0 Å². The van der Waals surface area contributed by atoms with Crippen molar-refractivity contribution in [2.75, 3.05) is 26.7 Å². The van der Waals surface area contributed by atoms with E-state index in [4.69, 9.17) is 0 Å². The van der Waals surface area contributed by atoms with Crippen molar-refractivity contribution in [3.63, 3.8) is 0 Å². The Labute approximate surface area is 98.4 Å². The third kappa shape index (κ3) is 2.83. The number of hydrogen-bond acceptors (Lipinski definition) is 2. The molecule has 0 heterocycles. The average Bonchev–Trinajstić information content (AvgIpc) is 3.11. The van der Waals surface area contributed by atoms with Gasteiger partial charge < -0.3 is 10.6 Å². The summed E-state index contributed by atoms with van der Waals surface area (Å²) in [5, 5.41) is 6.75. The second kappa shape index (κ2) is 5.46. The Balaban J connectivity index is 1.77. The van der Waals surface area contributed by atoms with Crippen LogP contribution >= 0.6 is 0 Å². The fourth-order valence-corrected chi connectivity index (χ4v) is 2.23. The third-order valence-electron chi connectivity index (χ3n) is 3.48. The molecular weight excluding hydrogens is 196 g/mol. The molecule has 1 aromatic carbocycles. The summed E-state index contributed by atoms with van der Waals surface area (Å²) in [5.74, 6) is 0. The van der Waals surface area contributed by atoms with Crippen LogP contribution in [0, 0.1) is 0 Å². The summed E-state index contributed by atoms with van der Waals surface area (Å²) in [6.45, 7) is 3.36. The van der Waals surface area contributed by atoms with Gasteiger partial charge in [0.15, 0.2) is 0 Å². The maximum atomic E-state index is 3.58. The average molecular weight is 218 g/mol. The van der Waals surface area contributed by atoms with Gasteiger partial charge in [-0.2, -0.15) is 0 Å². The Morgan fingerprint density at radius 3 is 2.50 bits per heavy atom. The normalized spacial score (nSPS) is 17.3. The van der Waals surface area contributed by atoms with Crippen molar-refractivity contribution >= 4 is 0 Å². The smallest absolute Gasteiger partial charge is 0.00784 e. The van der Waals surface area contributed by atoms with Crippen LogP contribution in [0.3, 0.4) is 0 Å². The molecule has 0 atom stereocenters. The second-order valence-corrected chi connectivity index (χ2v) is 4.78. The van der Waals surface area contributed by atoms with E-state index in [1.807, 2.05) is 7.05 Å². The highest BCUT2D eigenvalue weighted by Gasteiger charge is 2.43. The largest absolute Gasteiger partial charge is 0.320 e. The molecule has 2 N–H and O–H groups in total. The molecule has 2 nitrogen and oxygen atoms in total. The van der Waals surface area contributed by atoms with Gasteiger partial charge in [-0.1, -0.05) is 30.3 Å². The van der Waals surface area contributed by atoms with Crippen molar-refractivity contribution in [2.45, 2.75) is 24.7 Å². The number of hydrogen-bond donors (Lipinski definition) is 2. The molecular formula is C14H22N2. The van der Waals surface area contributed by atoms with Crippen LogP contribution in [0.15, 0.2) is 30.3 Å². The van der Waals surface area contributed by atoms with Crippen molar-refractivity contribution < 1.29 is 0 Å². The highest BCUT2D eigenvalue weighted by Crippen LogP contribution is 2.47. The molecule has 16 heavy (non-hydrogen) atoms. The van der Waals surface area contributed by atoms with E-state index in [2.05, 4.69) is 41.0 Å². The van der Waals surface area contributed by atoms with E-state index in [9.17, 15) is 0 Å². The van der Waals surface area contributed by atoms with Crippen molar-refractivity contribution in [2.24, 2.45) is 0 Å². The molecule has 0 unspecified atom stereocenters. The van der Waals surface area contributed by atoms with Gasteiger partial charge in [-0.3, -0.25) is 0 Å². The molecule has 1 aliphatic rings. The molecule has 0 aliphatic heterocycles. The molecule has 1 aliphatic carbocycles. The van der Waals surface area contributed by atoms with Crippen LogP contribution in [0.4, 0.5) is 0 Å². The molecule has 0 amide bonds. The Hall–Kier alpha value is -0.860. The van der Waals surface area contributed by atoms with E-state index >= 15 is 0 Å². The molecule has 1 saturated carbocycles. The highest BCUT2D eigenvalue weighted by atomic mass is 14.9. The lowest BCUT2D eigenvalue weighted by Crippen LogP contribution is -2.29. The van der Waals surface area contributed by atoms with Gasteiger partial charge in [0, 0.05) is 12.0 Å². The van der Waals surface area contributed by atoms with Crippen LogP contribution in [0.5, 0.6) is 0 Å². The topological polar surface area (TPSA) is 24.1 Å². The van der Waals surface area contributed by atoms with E-state index in [0.29, 0.717) is 5.41 Å². The summed E-state index contributed by atoms with van der Waals surface area (Å²) in [4.78, 5) is 0. The van der Waals surface area contributed by atoms with Crippen LogP contribution in [0.2, 0.25) is 0 Å². The number of benzene rings is 1. The first kappa shape index (κ1) is 11.6. The lowest BCUT2D eigenvalue weighted by atomic mass is 9.96. The van der Waals surface area contributed by atoms with Crippen LogP contribution in [0.25, 0.3) is 0 Å². The first-order chi connectivity index (χ1) is 7.87. The van der Waals surface area contributed by atoms with Gasteiger partial charge in [0.2, 0.25) is 0 Å². The minimum atomic E-state index is 0.459. The van der Waals surface area contributed by atoms with Crippen LogP contribution < -0.4 is 10.6 Å². The molecule has 88 valence electrons. The predicted octanol–water partition coefficient (Wildman–Crippen LogP) is 1.92. The monoisotopic (exact) mass is 218 g/mol. The minimum absolute atomic E-state index is 0.459. The Morgan fingerprint density at radius 1 is 1.12 bits per heavy atom. The summed E-state index contributed by atoms with van der Waals surface area (Å²) in [5.41, 5.74) is 1.97. The van der Waals surface area contributed by atoms with Gasteiger partial charge >= 0.3 is 0 Å². The zero-order chi connectivity index (χ0) is 11.3. The molecule has 0 radical (unpaired) electrons. The molecule has 0 aromatic heterocycles. The molecule has 0 bridgehead atoms. The fourth-order valence-electron chi connectivity index (χ4n) is 2.23. The molecule has 2 heteroatoms. The van der Waals surface area contributed by atoms with E-state index < -0.39 is 0 Å². The zero-order valence-corrected chi connectivity index (χ0v) is 10.1. The van der Waals surface area contributed by atoms with E-state index in [1.165, 1.54) is 24.8 Å². The standard InChI is InChI=1S/C14H22N2/c1-15-10-5-11-16-12-14(8-9-14)13-6-3-2-4-7-13/h2-4,6-7,15-16H,5,8-12H2,1H3. The Morgan fingerprint density at radius 2 is 1.88 bits per heavy atom. The SMILES string of the molecule is CNCCCNCC1(c2ccccc2)CC1. The van der Waals surface area contributed by atoms with Gasteiger partial charge in [0.25, 0.3) is 0 Å². The van der Waals surface area contributed by atoms with Gasteiger partial charge in [-0.25, -0.2) is 0 Å². The van der Waals surface area contributed by atoms with Crippen LogP contribution in [0.1, 0.15) is 24.8 Å². The second-order valence-electron chi connectivity index (χ2n) is 4.78. The summed E-state index contributed by atoms with van der Waals surface area (Å²) >= 11 is 0. The molecule has 2 rings (SSSR count). The zero-order valence-electron chi connectivity index (χ0n) is 10.1. The highest BCUT2D eigenvalue weighted by molar-refractivity contribution is 5.31. The third-order valence-corrected chi connectivity index (χ3v) is 3.48. The predicted molar refractivity (Wildman–Crippen MR) is 68.8 cm³/mol. The Bertz CT molecular complexity index is 304. The molecule has 0 spiro atoms. The van der Waals surface area contributed by atoms with Crippen LogP contribution in [-0.2, 0) is 5.41 Å². The lowest BCUT2D eigenvalue weighted by Gasteiger charge is -2.16. The van der Waals surface area contributed by atoms with Crippen molar-refractivity contribution in [3.05, 3.63) is 35.9 Å². The summed E-state index contributed by atoms with van der Waals surface area (Å²) in [6, 6.07) is 10.9. The van der Waals surface area contributed by atoms with E-state index in [0.717, 1.165) is 19.6 Å². The Kier molecular flexibility index (Phi) is 3.97. The first-order valence-corrected chi connectivity index (χ1v) is 6.28. The maximum absolute atomic E-state index is 3.58. The maximum Gasteiger partial charge on any atom is 0.00784 e. The number of rotatable bonds is 7. The van der Waals surface area contributed by atoms with Crippen molar-refractivity contribution in [3.8, 4) is 0 Å². The number of nitrogens with one attached hydrogen (secondary N) is 2. The lowest BCUT2D eigenvalue weighted by molar-refractivity contribution is 0.555. The molecule has 1 aromatic rings. The van der Waals surface area contributed by atoms with Gasteiger partial charge in [-0.05, 0) is 45.0 Å². The fraction of sp³-hybridized carbons (Fsp3) is 0.571. The molecule has 0 saturated heterocycles. The van der Waals surface area contributed by atoms with E-state index in [-0.39, 0.29) is 0 Å². The summed E-state index contributed by atoms with van der Waals surface area (Å²) < 4.78 is 0. The van der Waals surface area contributed by atoms with E-state index in [1.54, 1.807) is 0 Å². The summed E-state index contributed by atoms with van der Waals surface area (Å²) in [6.07, 6.45) is 3.90. The van der Waals surface area contributed by atoms with Gasteiger partial charge in [-0.15, -0.1) is 0 Å². The minimum Gasteiger partial charge on any atom is -0.320 e. The molecule has 1 fully saturated rings. The first-order valence-electron chi connectivity index (χ1n) is 6.28. The van der Waals surface area contributed by atoms with Crippen molar-refractivity contribution in [1.82, 2.24) is 10.6 Å². The van der Waals surface area contributed by atoms with Crippen molar-refractivity contribution in [1.29, 1.82) is 0 Å². The van der Waals surface area contributed by atoms with Crippen LogP contribution in [-0.4, -0.2) is 26.7 Å². The quantitative estimate of drug-likeness (QED) is 0.683. The summed E-state index contributed by atoms with van der Waals surface area (Å²) in [7, 11) is 2.01. The van der Waals surface area contributed by atoms with Gasteiger partial charge in [0.1, 0.15) is 0 Å².